The van der Waals surface area contributed by atoms with Crippen LogP contribution in [0.4, 0.5) is 0 Å². The molecular weight excluding hydrogens is 336 g/mol. The van der Waals surface area contributed by atoms with Gasteiger partial charge in [-0.15, -0.1) is 0 Å². The van der Waals surface area contributed by atoms with E-state index in [1.165, 1.54) is 4.90 Å². The second-order valence-corrected chi connectivity index (χ2v) is 5.60. The highest BCUT2D eigenvalue weighted by Crippen LogP contribution is 2.24. The summed E-state index contributed by atoms with van der Waals surface area (Å²) in [5, 5.41) is 9.62. The third kappa shape index (κ3) is 3.39. The number of halogens is 1. The minimum absolute atomic E-state index is 0.298. The van der Waals surface area contributed by atoms with Crippen LogP contribution in [0, 0.1) is 6.92 Å². The van der Waals surface area contributed by atoms with Crippen molar-refractivity contribution in [3.8, 4) is 0 Å². The van der Waals surface area contributed by atoms with Gasteiger partial charge in [0.05, 0.1) is 11.1 Å². The first kappa shape index (κ1) is 15.4. The van der Waals surface area contributed by atoms with Gasteiger partial charge in [-0.25, -0.2) is 0 Å². The number of amides is 1. The third-order valence-electron chi connectivity index (χ3n) is 3.12. The van der Waals surface area contributed by atoms with Crippen LogP contribution in [-0.2, 0) is 4.79 Å². The van der Waals surface area contributed by atoms with Crippen molar-refractivity contribution >= 4 is 38.7 Å². The number of carboxylic acids is 1. The molecule has 1 aromatic heterocycles. The molecule has 0 aliphatic carbocycles. The molecule has 1 heterocycles. The molecule has 0 aliphatic rings. The molecule has 5 nitrogen and oxygen atoms in total. The summed E-state index contributed by atoms with van der Waals surface area (Å²) in [6.07, 6.45) is 0. The van der Waals surface area contributed by atoms with Gasteiger partial charge in [0.1, 0.15) is 6.54 Å². The average molecular weight is 351 g/mol. The number of carbonyl (C=O) groups excluding carboxylic acids is 1. The number of fused-ring (bicyclic) bond motifs is 1. The molecule has 0 spiro atoms. The average Bonchev–Trinajstić information content (AvgIpc) is 2.43. The van der Waals surface area contributed by atoms with Crippen LogP contribution < -0.4 is 0 Å². The predicted molar refractivity (Wildman–Crippen MR) is 83.4 cm³/mol. The third-order valence-corrected chi connectivity index (χ3v) is 3.62. The van der Waals surface area contributed by atoms with Crippen molar-refractivity contribution in [2.45, 2.75) is 13.8 Å². The lowest BCUT2D eigenvalue weighted by Crippen LogP contribution is -2.35. The lowest BCUT2D eigenvalue weighted by Gasteiger charge is -2.19. The van der Waals surface area contributed by atoms with Gasteiger partial charge in [0.15, 0.2) is 0 Å². The Balaban J connectivity index is 2.56. The highest BCUT2D eigenvalue weighted by molar-refractivity contribution is 9.10. The van der Waals surface area contributed by atoms with Gasteiger partial charge in [-0.05, 0) is 38.1 Å². The van der Waals surface area contributed by atoms with Crippen LogP contribution in [0.15, 0.2) is 28.7 Å². The van der Waals surface area contributed by atoms with E-state index in [1.54, 1.807) is 13.0 Å². The molecule has 110 valence electrons. The number of hydrogen-bond acceptors (Lipinski definition) is 3. The Morgan fingerprint density at radius 1 is 1.33 bits per heavy atom. The first-order valence-electron chi connectivity index (χ1n) is 6.50. The van der Waals surface area contributed by atoms with Gasteiger partial charge in [-0.2, -0.15) is 0 Å². The molecule has 0 unspecified atom stereocenters. The van der Waals surface area contributed by atoms with Crippen LogP contribution in [0.25, 0.3) is 10.9 Å². The van der Waals surface area contributed by atoms with E-state index >= 15 is 0 Å². The van der Waals surface area contributed by atoms with Crippen LogP contribution in [0.3, 0.4) is 0 Å². The molecule has 1 aromatic carbocycles. The fourth-order valence-electron chi connectivity index (χ4n) is 2.17. The van der Waals surface area contributed by atoms with Crippen molar-refractivity contribution in [2.75, 3.05) is 13.1 Å². The fourth-order valence-corrected chi connectivity index (χ4v) is 2.53. The van der Waals surface area contributed by atoms with Gasteiger partial charge in [0, 0.05) is 22.1 Å². The molecule has 0 atom stereocenters. The predicted octanol–water partition coefficient (Wildman–Crippen LogP) is 2.85. The minimum atomic E-state index is -1.03. The number of likely N-dealkylation sites (N-methyl/N-ethyl adjacent to an activating group) is 1. The Hall–Kier alpha value is -1.95. The largest absolute Gasteiger partial charge is 0.480 e. The summed E-state index contributed by atoms with van der Waals surface area (Å²) >= 11 is 3.38. The number of nitrogens with zero attached hydrogens (tertiary/aromatic N) is 2. The van der Waals surface area contributed by atoms with Crippen molar-refractivity contribution in [1.82, 2.24) is 9.88 Å². The highest BCUT2D eigenvalue weighted by Gasteiger charge is 2.20. The van der Waals surface area contributed by atoms with Crippen molar-refractivity contribution in [2.24, 2.45) is 0 Å². The second-order valence-electron chi connectivity index (χ2n) is 4.69. The normalized spacial score (nSPS) is 10.6. The molecule has 0 saturated heterocycles. The molecule has 1 amide bonds. The number of hydrogen-bond donors (Lipinski definition) is 1. The lowest BCUT2D eigenvalue weighted by atomic mass is 10.1. The standard InChI is InChI=1S/C15H15BrN2O3/c1-3-18(8-14(19)20)15(21)12-6-9(2)17-13-5-4-10(16)7-11(12)13/h4-7H,3,8H2,1-2H3,(H,19,20). The van der Waals surface area contributed by atoms with Crippen molar-refractivity contribution in [3.05, 3.63) is 40.0 Å². The quantitative estimate of drug-likeness (QED) is 0.920. The van der Waals surface area contributed by atoms with E-state index in [0.29, 0.717) is 23.0 Å². The van der Waals surface area contributed by atoms with Crippen molar-refractivity contribution < 1.29 is 14.7 Å². The maximum Gasteiger partial charge on any atom is 0.323 e. The van der Waals surface area contributed by atoms with Crippen LogP contribution in [0.1, 0.15) is 23.0 Å². The molecule has 0 fully saturated rings. The molecule has 0 radical (unpaired) electrons. The van der Waals surface area contributed by atoms with Gasteiger partial charge >= 0.3 is 5.97 Å². The summed E-state index contributed by atoms with van der Waals surface area (Å²) < 4.78 is 0.844. The van der Waals surface area contributed by atoms with E-state index in [1.807, 2.05) is 25.1 Å². The van der Waals surface area contributed by atoms with Gasteiger partial charge in [-0.1, -0.05) is 15.9 Å². The number of aromatic nitrogens is 1. The maximum atomic E-state index is 12.6. The number of rotatable bonds is 4. The summed E-state index contributed by atoms with van der Waals surface area (Å²) in [5.74, 6) is -1.32. The first-order chi connectivity index (χ1) is 9.92. The van der Waals surface area contributed by atoms with E-state index in [9.17, 15) is 9.59 Å². The molecule has 1 N–H and O–H groups in total. The number of aryl methyl sites for hydroxylation is 1. The summed E-state index contributed by atoms with van der Waals surface area (Å²) in [5.41, 5.74) is 1.91. The van der Waals surface area contributed by atoms with Crippen LogP contribution >= 0.6 is 15.9 Å². The number of carboxylic acid groups (broad SMARTS) is 1. The zero-order chi connectivity index (χ0) is 15.6. The smallest absolute Gasteiger partial charge is 0.323 e. The number of pyridine rings is 1. The van der Waals surface area contributed by atoms with Gasteiger partial charge < -0.3 is 10.0 Å². The van der Waals surface area contributed by atoms with Gasteiger partial charge in [0.25, 0.3) is 5.91 Å². The second kappa shape index (κ2) is 6.22. The Kier molecular flexibility index (Phi) is 4.57. The van der Waals surface area contributed by atoms with Crippen LogP contribution in [-0.4, -0.2) is 40.0 Å². The summed E-state index contributed by atoms with van der Waals surface area (Å²) in [4.78, 5) is 29.2. The monoisotopic (exact) mass is 350 g/mol. The van der Waals surface area contributed by atoms with Crippen molar-refractivity contribution in [1.29, 1.82) is 0 Å². The number of aliphatic carboxylic acids is 1. The molecule has 2 rings (SSSR count). The minimum Gasteiger partial charge on any atom is -0.480 e. The van der Waals surface area contributed by atoms with E-state index < -0.39 is 5.97 Å². The molecular formula is C15H15BrN2O3. The molecule has 21 heavy (non-hydrogen) atoms. The Morgan fingerprint density at radius 3 is 2.67 bits per heavy atom. The molecule has 0 bridgehead atoms. The molecule has 0 saturated carbocycles. The number of carbonyl (C=O) groups is 2. The zero-order valence-corrected chi connectivity index (χ0v) is 13.3. The van der Waals surface area contributed by atoms with E-state index in [2.05, 4.69) is 20.9 Å². The highest BCUT2D eigenvalue weighted by atomic mass is 79.9. The SMILES string of the molecule is CCN(CC(=O)O)C(=O)c1cc(C)nc2ccc(Br)cc12. The van der Waals surface area contributed by atoms with E-state index in [4.69, 9.17) is 5.11 Å². The lowest BCUT2D eigenvalue weighted by molar-refractivity contribution is -0.137. The zero-order valence-electron chi connectivity index (χ0n) is 11.8. The van der Waals surface area contributed by atoms with Gasteiger partial charge in [0.2, 0.25) is 0 Å². The molecule has 0 aliphatic heterocycles. The van der Waals surface area contributed by atoms with Crippen molar-refractivity contribution in [3.63, 3.8) is 0 Å². The summed E-state index contributed by atoms with van der Waals surface area (Å²) in [7, 11) is 0. The van der Waals surface area contributed by atoms with Crippen LogP contribution in [0.2, 0.25) is 0 Å². The first-order valence-corrected chi connectivity index (χ1v) is 7.29. The summed E-state index contributed by atoms with van der Waals surface area (Å²) in [6.45, 7) is 3.59. The summed E-state index contributed by atoms with van der Waals surface area (Å²) in [6, 6.07) is 7.21. The fraction of sp³-hybridized carbons (Fsp3) is 0.267. The Morgan fingerprint density at radius 2 is 2.05 bits per heavy atom. The maximum absolute atomic E-state index is 12.6. The molecule has 2 aromatic rings. The van der Waals surface area contributed by atoms with Crippen LogP contribution in [0.5, 0.6) is 0 Å². The topological polar surface area (TPSA) is 70.5 Å². The molecule has 6 heteroatoms. The number of benzene rings is 1. The Labute approximate surface area is 130 Å². The van der Waals surface area contributed by atoms with E-state index in [0.717, 1.165) is 10.2 Å². The van der Waals surface area contributed by atoms with Gasteiger partial charge in [-0.3, -0.25) is 14.6 Å². The Bertz CT molecular complexity index is 715. The van der Waals surface area contributed by atoms with E-state index in [-0.39, 0.29) is 12.5 Å².